The lowest BCUT2D eigenvalue weighted by atomic mass is 10.0. The van der Waals surface area contributed by atoms with Gasteiger partial charge in [0.1, 0.15) is 6.04 Å². The van der Waals surface area contributed by atoms with Crippen molar-refractivity contribution >= 4 is 29.6 Å². The Labute approximate surface area is 123 Å². The fourth-order valence-corrected chi connectivity index (χ4v) is 2.69. The quantitative estimate of drug-likeness (QED) is 0.729. The van der Waals surface area contributed by atoms with Crippen molar-refractivity contribution in [1.82, 2.24) is 10.2 Å². The van der Waals surface area contributed by atoms with Gasteiger partial charge in [0.05, 0.1) is 16.7 Å². The van der Waals surface area contributed by atoms with Gasteiger partial charge < -0.3 is 5.11 Å². The zero-order chi connectivity index (χ0) is 16.0. The van der Waals surface area contributed by atoms with Gasteiger partial charge in [-0.2, -0.15) is 0 Å². The Bertz CT molecular complexity index is 754. The summed E-state index contributed by atoms with van der Waals surface area (Å²) in [4.78, 5) is 59.7. The molecule has 0 aromatic heterocycles. The summed E-state index contributed by atoms with van der Waals surface area (Å²) >= 11 is 0. The topological polar surface area (TPSA) is 121 Å². The molecule has 22 heavy (non-hydrogen) atoms. The molecule has 1 atom stereocenters. The summed E-state index contributed by atoms with van der Waals surface area (Å²) in [6.45, 7) is 0. The first kappa shape index (κ1) is 13.9. The maximum Gasteiger partial charge on any atom is 0.336 e. The van der Waals surface area contributed by atoms with Crippen LogP contribution >= 0.6 is 0 Å². The van der Waals surface area contributed by atoms with Crippen molar-refractivity contribution < 1.29 is 29.1 Å². The third-order valence-corrected chi connectivity index (χ3v) is 3.70. The van der Waals surface area contributed by atoms with E-state index in [0.29, 0.717) is 0 Å². The fraction of sp³-hybridized carbons (Fsp3) is 0.214. The van der Waals surface area contributed by atoms with E-state index in [1.54, 1.807) is 0 Å². The number of carboxylic acid groups (broad SMARTS) is 1. The molecule has 4 amide bonds. The highest BCUT2D eigenvalue weighted by atomic mass is 16.4. The average Bonchev–Trinajstić information content (AvgIpc) is 2.72. The molecule has 1 unspecified atom stereocenters. The van der Waals surface area contributed by atoms with E-state index >= 15 is 0 Å². The lowest BCUT2D eigenvalue weighted by molar-refractivity contribution is -0.136. The second-order valence-corrected chi connectivity index (χ2v) is 4.98. The van der Waals surface area contributed by atoms with Gasteiger partial charge in [0.25, 0.3) is 11.8 Å². The van der Waals surface area contributed by atoms with Crippen LogP contribution in [0.4, 0.5) is 0 Å². The van der Waals surface area contributed by atoms with Gasteiger partial charge >= 0.3 is 5.97 Å². The Hall–Kier alpha value is -3.03. The third kappa shape index (κ3) is 1.88. The first-order chi connectivity index (χ1) is 10.4. The van der Waals surface area contributed by atoms with Crippen LogP contribution in [0.5, 0.6) is 0 Å². The van der Waals surface area contributed by atoms with Crippen LogP contribution in [0.1, 0.15) is 43.9 Å². The molecule has 8 nitrogen and oxygen atoms in total. The number of aromatic carboxylic acids is 1. The number of nitrogens with one attached hydrogen (secondary N) is 1. The number of nitrogens with zero attached hydrogens (tertiary/aromatic N) is 1. The van der Waals surface area contributed by atoms with E-state index in [-0.39, 0.29) is 29.5 Å². The minimum absolute atomic E-state index is 0.00952. The third-order valence-electron chi connectivity index (χ3n) is 3.70. The maximum atomic E-state index is 12.4. The Morgan fingerprint density at radius 1 is 1.18 bits per heavy atom. The molecule has 1 saturated heterocycles. The van der Waals surface area contributed by atoms with Gasteiger partial charge in [0, 0.05) is 6.42 Å². The number of piperidine rings is 1. The molecular formula is C14H10N2O6. The van der Waals surface area contributed by atoms with Gasteiger partial charge in [-0.1, -0.05) is 6.07 Å². The van der Waals surface area contributed by atoms with Crippen molar-refractivity contribution in [2.24, 2.45) is 0 Å². The lowest BCUT2D eigenvalue weighted by Crippen LogP contribution is -2.54. The zero-order valence-corrected chi connectivity index (χ0v) is 11.2. The summed E-state index contributed by atoms with van der Waals surface area (Å²) in [5.74, 6) is -4.08. The lowest BCUT2D eigenvalue weighted by Gasteiger charge is -2.27. The van der Waals surface area contributed by atoms with Gasteiger partial charge in [-0.05, 0) is 18.6 Å². The molecule has 2 aliphatic rings. The normalized spacial score (nSPS) is 20.9. The Balaban J connectivity index is 2.04. The van der Waals surface area contributed by atoms with E-state index in [1.165, 1.54) is 18.2 Å². The average molecular weight is 302 g/mol. The van der Waals surface area contributed by atoms with E-state index < -0.39 is 35.6 Å². The summed E-state index contributed by atoms with van der Waals surface area (Å²) in [6.07, 6.45) is 0.0359. The molecule has 0 saturated carbocycles. The van der Waals surface area contributed by atoms with E-state index in [0.717, 1.165) is 4.90 Å². The summed E-state index contributed by atoms with van der Waals surface area (Å²) in [6, 6.07) is 2.82. The van der Waals surface area contributed by atoms with Crippen molar-refractivity contribution in [2.75, 3.05) is 0 Å². The van der Waals surface area contributed by atoms with Crippen LogP contribution in [0.15, 0.2) is 18.2 Å². The second kappa shape index (κ2) is 4.76. The number of imide groups is 2. The van der Waals surface area contributed by atoms with Crippen LogP contribution in [0.2, 0.25) is 0 Å². The Morgan fingerprint density at radius 3 is 2.55 bits per heavy atom. The number of hydrogen-bond donors (Lipinski definition) is 2. The van der Waals surface area contributed by atoms with Crippen molar-refractivity contribution in [1.29, 1.82) is 0 Å². The molecule has 1 aromatic carbocycles. The summed E-state index contributed by atoms with van der Waals surface area (Å²) in [7, 11) is 0. The van der Waals surface area contributed by atoms with Gasteiger partial charge in [-0.15, -0.1) is 0 Å². The van der Waals surface area contributed by atoms with Gasteiger partial charge in [0.2, 0.25) is 11.8 Å². The number of carbonyl (C=O) groups excluding carboxylic acids is 4. The zero-order valence-electron chi connectivity index (χ0n) is 11.2. The van der Waals surface area contributed by atoms with Crippen LogP contribution in [-0.4, -0.2) is 45.6 Å². The molecule has 2 aliphatic heterocycles. The van der Waals surface area contributed by atoms with Gasteiger partial charge in [0.15, 0.2) is 0 Å². The molecule has 2 heterocycles. The molecule has 0 aliphatic carbocycles. The SMILES string of the molecule is O=C1CCC(N2C(=O)c3cccc(C(=O)O)c3C2=O)C(=O)N1. The minimum atomic E-state index is -1.33. The largest absolute Gasteiger partial charge is 0.478 e. The molecule has 1 fully saturated rings. The molecule has 8 heteroatoms. The predicted molar refractivity (Wildman–Crippen MR) is 70.1 cm³/mol. The Kier molecular flexibility index (Phi) is 3.01. The number of benzene rings is 1. The molecule has 0 spiro atoms. The minimum Gasteiger partial charge on any atom is -0.478 e. The van der Waals surface area contributed by atoms with Crippen LogP contribution in [-0.2, 0) is 9.59 Å². The van der Waals surface area contributed by atoms with E-state index in [2.05, 4.69) is 5.32 Å². The number of amides is 4. The highest BCUT2D eigenvalue weighted by Gasteiger charge is 2.46. The predicted octanol–water partition coefficient (Wildman–Crippen LogP) is -0.214. The van der Waals surface area contributed by atoms with E-state index in [4.69, 9.17) is 5.11 Å². The van der Waals surface area contributed by atoms with Crippen LogP contribution < -0.4 is 5.32 Å². The molecule has 0 bridgehead atoms. The summed E-state index contributed by atoms with van der Waals surface area (Å²) < 4.78 is 0. The summed E-state index contributed by atoms with van der Waals surface area (Å²) in [5, 5.41) is 11.2. The van der Waals surface area contributed by atoms with Crippen molar-refractivity contribution in [3.8, 4) is 0 Å². The monoisotopic (exact) mass is 302 g/mol. The number of rotatable bonds is 2. The van der Waals surface area contributed by atoms with Crippen LogP contribution in [0, 0.1) is 0 Å². The number of hydrogen-bond acceptors (Lipinski definition) is 5. The number of carbonyl (C=O) groups is 5. The first-order valence-electron chi connectivity index (χ1n) is 6.49. The molecular weight excluding hydrogens is 292 g/mol. The second-order valence-electron chi connectivity index (χ2n) is 4.98. The Morgan fingerprint density at radius 2 is 1.91 bits per heavy atom. The standard InChI is InChI=1S/C14H10N2O6/c17-9-5-4-8(11(18)15-9)16-12(19)6-2-1-3-7(14(21)22)10(6)13(16)20/h1-3,8H,4-5H2,(H,21,22)(H,15,17,18). The number of fused-ring (bicyclic) bond motifs is 1. The van der Waals surface area contributed by atoms with Gasteiger partial charge in [-0.25, -0.2) is 4.79 Å². The smallest absolute Gasteiger partial charge is 0.336 e. The molecule has 112 valence electrons. The highest BCUT2D eigenvalue weighted by Crippen LogP contribution is 2.29. The van der Waals surface area contributed by atoms with Crippen molar-refractivity contribution in [2.45, 2.75) is 18.9 Å². The van der Waals surface area contributed by atoms with E-state index in [1.807, 2.05) is 0 Å². The van der Waals surface area contributed by atoms with E-state index in [9.17, 15) is 24.0 Å². The fourth-order valence-electron chi connectivity index (χ4n) is 2.69. The van der Waals surface area contributed by atoms with Crippen LogP contribution in [0.25, 0.3) is 0 Å². The molecule has 1 aromatic rings. The van der Waals surface area contributed by atoms with Crippen LogP contribution in [0.3, 0.4) is 0 Å². The molecule has 3 rings (SSSR count). The molecule has 2 N–H and O–H groups in total. The maximum absolute atomic E-state index is 12.4. The highest BCUT2D eigenvalue weighted by molar-refractivity contribution is 6.26. The van der Waals surface area contributed by atoms with Crippen molar-refractivity contribution in [3.63, 3.8) is 0 Å². The molecule has 0 radical (unpaired) electrons. The number of carboxylic acids is 1. The first-order valence-corrected chi connectivity index (χ1v) is 6.49. The summed E-state index contributed by atoms with van der Waals surface area (Å²) in [5.41, 5.74) is -0.551. The van der Waals surface area contributed by atoms with Crippen molar-refractivity contribution in [3.05, 3.63) is 34.9 Å². The van der Waals surface area contributed by atoms with Gasteiger partial charge in [-0.3, -0.25) is 29.4 Å².